The van der Waals surface area contributed by atoms with Crippen molar-refractivity contribution in [3.8, 4) is 17.4 Å². The fourth-order valence-corrected chi connectivity index (χ4v) is 2.71. The van der Waals surface area contributed by atoms with E-state index in [-0.39, 0.29) is 5.56 Å². The molecule has 8 heteroatoms. The van der Waals surface area contributed by atoms with E-state index in [1.54, 1.807) is 26.6 Å². The number of aryl methyl sites for hydroxylation is 1. The van der Waals surface area contributed by atoms with E-state index in [9.17, 15) is 4.79 Å². The van der Waals surface area contributed by atoms with Gasteiger partial charge in [0.05, 0.1) is 19.0 Å². The minimum absolute atomic E-state index is 0.201. The summed E-state index contributed by atoms with van der Waals surface area (Å²) in [6.45, 7) is 0.495. The van der Waals surface area contributed by atoms with Gasteiger partial charge in [-0.1, -0.05) is 0 Å². The van der Waals surface area contributed by atoms with Crippen LogP contribution < -0.4 is 20.3 Å². The van der Waals surface area contributed by atoms with Crippen molar-refractivity contribution in [2.75, 3.05) is 12.4 Å². The van der Waals surface area contributed by atoms with Crippen LogP contribution >= 0.6 is 15.9 Å². The van der Waals surface area contributed by atoms with E-state index in [4.69, 9.17) is 9.47 Å². The van der Waals surface area contributed by atoms with Crippen molar-refractivity contribution in [3.63, 3.8) is 0 Å². The fraction of sp³-hybridized carbons (Fsp3) is 0.167. The molecule has 0 aliphatic heterocycles. The van der Waals surface area contributed by atoms with Crippen molar-refractivity contribution < 1.29 is 9.47 Å². The average molecular weight is 417 g/mol. The van der Waals surface area contributed by atoms with E-state index in [0.717, 1.165) is 11.3 Å². The minimum atomic E-state index is -0.201. The van der Waals surface area contributed by atoms with Crippen LogP contribution in [-0.2, 0) is 13.6 Å². The Hall–Kier alpha value is -2.87. The molecule has 0 spiro atoms. The van der Waals surface area contributed by atoms with Gasteiger partial charge in [-0.3, -0.25) is 4.79 Å². The maximum atomic E-state index is 11.9. The molecule has 0 aliphatic rings. The molecule has 0 amide bonds. The molecule has 0 saturated carbocycles. The molecule has 0 aliphatic carbocycles. The summed E-state index contributed by atoms with van der Waals surface area (Å²) >= 11 is 3.29. The van der Waals surface area contributed by atoms with Crippen molar-refractivity contribution in [1.82, 2.24) is 14.8 Å². The lowest BCUT2D eigenvalue weighted by Crippen LogP contribution is -2.21. The average Bonchev–Trinajstić information content (AvgIpc) is 2.66. The van der Waals surface area contributed by atoms with Gasteiger partial charge < -0.3 is 14.8 Å². The maximum absolute atomic E-state index is 11.9. The molecule has 26 heavy (non-hydrogen) atoms. The number of rotatable bonds is 6. The van der Waals surface area contributed by atoms with Crippen LogP contribution in [-0.4, -0.2) is 21.9 Å². The second-order valence-electron chi connectivity index (χ2n) is 5.43. The number of nitrogens with zero attached hydrogens (tertiary/aromatic N) is 3. The second-order valence-corrected chi connectivity index (χ2v) is 6.23. The molecule has 0 saturated heterocycles. The minimum Gasteiger partial charge on any atom is -0.497 e. The predicted octanol–water partition coefficient (Wildman–Crippen LogP) is 3.35. The highest BCUT2D eigenvalue weighted by Crippen LogP contribution is 2.23. The monoisotopic (exact) mass is 416 g/mol. The third-order valence-electron chi connectivity index (χ3n) is 3.64. The highest BCUT2D eigenvalue weighted by atomic mass is 79.9. The molecule has 7 nitrogen and oxygen atoms in total. The van der Waals surface area contributed by atoms with E-state index in [2.05, 4.69) is 31.3 Å². The Kier molecular flexibility index (Phi) is 5.52. The largest absolute Gasteiger partial charge is 0.497 e. The molecule has 1 N–H and O–H groups in total. The van der Waals surface area contributed by atoms with Gasteiger partial charge in [0.1, 0.15) is 16.0 Å². The van der Waals surface area contributed by atoms with Crippen LogP contribution in [0.25, 0.3) is 0 Å². The van der Waals surface area contributed by atoms with Crippen molar-refractivity contribution in [2.24, 2.45) is 7.05 Å². The number of aromatic nitrogens is 3. The zero-order chi connectivity index (χ0) is 18.5. The molecule has 1 aromatic carbocycles. The summed E-state index contributed by atoms with van der Waals surface area (Å²) in [5.74, 6) is 1.91. The molecule has 0 unspecified atom stereocenters. The standard InChI is InChI=1S/C18H17BrN4O3/c1-23-18(24)17(19)15(11-22-23)21-10-12-7-8-20-16(9-12)26-14-5-3-13(25-2)4-6-14/h3-9,11,21H,10H2,1-2H3. The van der Waals surface area contributed by atoms with Crippen LogP contribution in [0, 0.1) is 0 Å². The summed E-state index contributed by atoms with van der Waals surface area (Å²) in [5.41, 5.74) is 1.38. The number of hydrogen-bond donors (Lipinski definition) is 1. The van der Waals surface area contributed by atoms with Gasteiger partial charge in [0.25, 0.3) is 5.56 Å². The lowest BCUT2D eigenvalue weighted by Gasteiger charge is -2.10. The van der Waals surface area contributed by atoms with Crippen molar-refractivity contribution in [3.05, 3.63) is 69.2 Å². The summed E-state index contributed by atoms with van der Waals surface area (Å²) in [5, 5.41) is 7.18. The zero-order valence-corrected chi connectivity index (χ0v) is 15.9. The molecule has 134 valence electrons. The van der Waals surface area contributed by atoms with Gasteiger partial charge in [-0.05, 0) is 51.8 Å². The lowest BCUT2D eigenvalue weighted by atomic mass is 10.2. The Morgan fingerprint density at radius 2 is 1.92 bits per heavy atom. The number of anilines is 1. The van der Waals surface area contributed by atoms with Crippen LogP contribution in [0.15, 0.2) is 58.1 Å². The number of nitrogens with one attached hydrogen (secondary N) is 1. The molecule has 3 rings (SSSR count). The van der Waals surface area contributed by atoms with Gasteiger partial charge in [0, 0.05) is 25.9 Å². The van der Waals surface area contributed by atoms with Crippen LogP contribution in [0.2, 0.25) is 0 Å². The Morgan fingerprint density at radius 3 is 2.65 bits per heavy atom. The Bertz CT molecular complexity index is 957. The van der Waals surface area contributed by atoms with Crippen molar-refractivity contribution in [1.29, 1.82) is 0 Å². The molecule has 2 aromatic heterocycles. The first-order valence-corrected chi connectivity index (χ1v) is 8.58. The number of pyridine rings is 1. The maximum Gasteiger partial charge on any atom is 0.282 e. The number of benzene rings is 1. The molecule has 0 fully saturated rings. The van der Waals surface area contributed by atoms with Crippen LogP contribution in [0.5, 0.6) is 17.4 Å². The normalized spacial score (nSPS) is 10.4. The first-order valence-electron chi connectivity index (χ1n) is 7.79. The molecular weight excluding hydrogens is 400 g/mol. The Labute approximate surface area is 158 Å². The summed E-state index contributed by atoms with van der Waals surface area (Å²) in [6.07, 6.45) is 3.27. The van der Waals surface area contributed by atoms with E-state index < -0.39 is 0 Å². The highest BCUT2D eigenvalue weighted by Gasteiger charge is 2.07. The van der Waals surface area contributed by atoms with Crippen LogP contribution in [0.4, 0.5) is 5.69 Å². The Morgan fingerprint density at radius 1 is 1.19 bits per heavy atom. The first kappa shape index (κ1) is 17.9. The summed E-state index contributed by atoms with van der Waals surface area (Å²) in [4.78, 5) is 16.1. The summed E-state index contributed by atoms with van der Waals surface area (Å²) < 4.78 is 12.6. The van der Waals surface area contributed by atoms with Gasteiger partial charge >= 0.3 is 0 Å². The van der Waals surface area contributed by atoms with Crippen molar-refractivity contribution in [2.45, 2.75) is 6.54 Å². The van der Waals surface area contributed by atoms with Gasteiger partial charge in [-0.15, -0.1) is 0 Å². The number of halogens is 1. The lowest BCUT2D eigenvalue weighted by molar-refractivity contribution is 0.412. The molecule has 0 atom stereocenters. The smallest absolute Gasteiger partial charge is 0.282 e. The quantitative estimate of drug-likeness (QED) is 0.663. The van der Waals surface area contributed by atoms with E-state index in [1.165, 1.54) is 4.68 Å². The van der Waals surface area contributed by atoms with Gasteiger partial charge in [-0.25, -0.2) is 9.67 Å². The number of ether oxygens (including phenoxy) is 2. The van der Waals surface area contributed by atoms with Crippen LogP contribution in [0.1, 0.15) is 5.56 Å². The predicted molar refractivity (Wildman–Crippen MR) is 102 cm³/mol. The first-order chi connectivity index (χ1) is 12.6. The van der Waals surface area contributed by atoms with Crippen LogP contribution in [0.3, 0.4) is 0 Å². The summed E-state index contributed by atoms with van der Waals surface area (Å²) in [6, 6.07) is 11.0. The third kappa shape index (κ3) is 4.20. The third-order valence-corrected chi connectivity index (χ3v) is 4.41. The zero-order valence-electron chi connectivity index (χ0n) is 14.3. The molecule has 0 radical (unpaired) electrons. The van der Waals surface area contributed by atoms with E-state index in [0.29, 0.717) is 28.3 Å². The van der Waals surface area contributed by atoms with Gasteiger partial charge in [0.15, 0.2) is 0 Å². The molecule has 0 bridgehead atoms. The number of hydrogen-bond acceptors (Lipinski definition) is 6. The molecule has 3 aromatic rings. The fourth-order valence-electron chi connectivity index (χ4n) is 2.21. The van der Waals surface area contributed by atoms with Gasteiger partial charge in [0.2, 0.25) is 5.88 Å². The van der Waals surface area contributed by atoms with Gasteiger partial charge in [-0.2, -0.15) is 5.10 Å². The molecular formula is C18H17BrN4O3. The summed E-state index contributed by atoms with van der Waals surface area (Å²) in [7, 11) is 3.22. The Balaban J connectivity index is 1.69. The SMILES string of the molecule is COc1ccc(Oc2cc(CNc3cnn(C)c(=O)c3Br)ccn2)cc1. The topological polar surface area (TPSA) is 78.3 Å². The molecule has 2 heterocycles. The second kappa shape index (κ2) is 8.01. The van der Waals surface area contributed by atoms with E-state index in [1.807, 2.05) is 36.4 Å². The number of methoxy groups -OCH3 is 1. The highest BCUT2D eigenvalue weighted by molar-refractivity contribution is 9.10. The van der Waals surface area contributed by atoms with E-state index >= 15 is 0 Å². The van der Waals surface area contributed by atoms with Crippen molar-refractivity contribution >= 4 is 21.6 Å².